The summed E-state index contributed by atoms with van der Waals surface area (Å²) in [4.78, 5) is 10.9. The van der Waals surface area contributed by atoms with Gasteiger partial charge in [0.15, 0.2) is 5.75 Å². The molecule has 1 aromatic rings. The molecule has 2 N–H and O–H groups in total. The van der Waals surface area contributed by atoms with Gasteiger partial charge in [-0.1, -0.05) is 17.7 Å². The number of carboxylic acid groups (broad SMARTS) is 1. The summed E-state index contributed by atoms with van der Waals surface area (Å²) < 4.78 is 24.7. The number of rotatable bonds is 4. The number of hydrogen-bond acceptors (Lipinski definition) is 4. The molecule has 90 valence electrons. The number of hydrogen-bond donors (Lipinski definition) is 2. The van der Waals surface area contributed by atoms with Gasteiger partial charge in [0, 0.05) is 0 Å². The summed E-state index contributed by atoms with van der Waals surface area (Å²) >= 11 is 5.71. The molecule has 0 unspecified atom stereocenters. The lowest BCUT2D eigenvalue weighted by Gasteiger charge is -2.10. The maximum absolute atomic E-state index is 11.3. The molecule has 0 fully saturated rings. The van der Waals surface area contributed by atoms with Crippen molar-refractivity contribution in [2.24, 2.45) is 0 Å². The van der Waals surface area contributed by atoms with E-state index in [4.69, 9.17) is 22.0 Å². The number of benzene rings is 1. The van der Waals surface area contributed by atoms with Gasteiger partial charge in [-0.3, -0.25) is 4.72 Å². The Kier molecular flexibility index (Phi) is 3.93. The number of carbonyl (C=O) groups is 1. The van der Waals surface area contributed by atoms with Crippen molar-refractivity contribution < 1.29 is 18.3 Å². The molecular weight excluding hydrogens is 268 g/mol. The van der Waals surface area contributed by atoms with Crippen LogP contribution in [-0.2, 0) is 10.0 Å². The first kappa shape index (κ1) is 13.3. The van der Waals surface area contributed by atoms with Crippen molar-refractivity contribution in [3.63, 3.8) is 0 Å². The van der Waals surface area contributed by atoms with Gasteiger partial charge in [0.2, 0.25) is 10.0 Å². The van der Waals surface area contributed by atoms with Crippen LogP contribution >= 0.6 is 11.6 Å². The van der Waals surface area contributed by atoms with Crippen LogP contribution in [0.4, 0.5) is 5.69 Å². The molecular formula is C9H7ClN2O4S. The number of aromatic carboxylic acids is 1. The van der Waals surface area contributed by atoms with E-state index in [1.54, 1.807) is 0 Å². The number of nitrogens with one attached hydrogen (secondary N) is 1. The van der Waals surface area contributed by atoms with E-state index < -0.39 is 21.7 Å². The van der Waals surface area contributed by atoms with E-state index in [0.29, 0.717) is 0 Å². The Morgan fingerprint density at radius 1 is 1.53 bits per heavy atom. The predicted molar refractivity (Wildman–Crippen MR) is 61.4 cm³/mol. The summed E-state index contributed by atoms with van der Waals surface area (Å²) in [6.07, 6.45) is 0. The lowest BCUT2D eigenvalue weighted by atomic mass is 10.2. The van der Waals surface area contributed by atoms with E-state index in [-0.39, 0.29) is 16.3 Å². The molecule has 0 saturated carbocycles. The van der Waals surface area contributed by atoms with Crippen molar-refractivity contribution in [1.29, 1.82) is 5.26 Å². The monoisotopic (exact) mass is 274 g/mol. The van der Waals surface area contributed by atoms with Crippen molar-refractivity contribution >= 4 is 33.3 Å². The highest BCUT2D eigenvalue weighted by molar-refractivity contribution is 7.92. The van der Waals surface area contributed by atoms with Crippen LogP contribution in [0.25, 0.3) is 0 Å². The van der Waals surface area contributed by atoms with E-state index >= 15 is 0 Å². The van der Waals surface area contributed by atoms with Crippen molar-refractivity contribution in [2.45, 2.75) is 0 Å². The molecule has 0 spiro atoms. The summed E-state index contributed by atoms with van der Waals surface area (Å²) in [6, 6.07) is 5.39. The minimum Gasteiger partial charge on any atom is -0.478 e. The molecule has 0 aromatic heterocycles. The van der Waals surface area contributed by atoms with Gasteiger partial charge >= 0.3 is 5.97 Å². The Morgan fingerprint density at radius 2 is 2.18 bits per heavy atom. The normalized spacial score (nSPS) is 10.6. The van der Waals surface area contributed by atoms with Crippen molar-refractivity contribution in [3.05, 3.63) is 28.8 Å². The second-order valence-electron chi connectivity index (χ2n) is 2.99. The van der Waals surface area contributed by atoms with Crippen LogP contribution in [0.15, 0.2) is 18.2 Å². The zero-order valence-electron chi connectivity index (χ0n) is 8.34. The third kappa shape index (κ3) is 3.34. The Bertz CT molecular complexity index is 592. The predicted octanol–water partition coefficient (Wildman–Crippen LogP) is 1.30. The number of para-hydroxylation sites is 1. The zero-order chi connectivity index (χ0) is 13.1. The molecule has 0 amide bonds. The highest BCUT2D eigenvalue weighted by atomic mass is 35.5. The minimum atomic E-state index is -3.92. The largest absolute Gasteiger partial charge is 0.478 e. The molecule has 0 atom stereocenters. The molecule has 0 aliphatic carbocycles. The van der Waals surface area contributed by atoms with E-state index in [1.165, 1.54) is 24.3 Å². The molecule has 0 bridgehead atoms. The van der Waals surface area contributed by atoms with Gasteiger partial charge in [-0.15, -0.1) is 0 Å². The van der Waals surface area contributed by atoms with Crippen LogP contribution in [0, 0.1) is 11.3 Å². The highest BCUT2D eigenvalue weighted by Gasteiger charge is 2.18. The molecule has 0 heterocycles. The molecule has 0 aliphatic rings. The maximum Gasteiger partial charge on any atom is 0.337 e. The first-order valence-corrected chi connectivity index (χ1v) is 6.29. The molecule has 1 aromatic carbocycles. The van der Waals surface area contributed by atoms with Gasteiger partial charge in [0.25, 0.3) is 0 Å². The van der Waals surface area contributed by atoms with Gasteiger partial charge in [0.05, 0.1) is 22.3 Å². The minimum absolute atomic E-state index is 0.0496. The molecule has 0 saturated heterocycles. The first-order chi connectivity index (χ1) is 7.87. The van der Waals surface area contributed by atoms with Crippen LogP contribution in [0.2, 0.25) is 5.02 Å². The highest BCUT2D eigenvalue weighted by Crippen LogP contribution is 2.27. The average Bonchev–Trinajstić information content (AvgIpc) is 2.20. The van der Waals surface area contributed by atoms with E-state index in [1.807, 2.05) is 4.72 Å². The van der Waals surface area contributed by atoms with Gasteiger partial charge in [-0.05, 0) is 12.1 Å². The SMILES string of the molecule is N#CCS(=O)(=O)Nc1c(Cl)cccc1C(=O)O. The first-order valence-electron chi connectivity index (χ1n) is 4.26. The topological polar surface area (TPSA) is 107 Å². The molecule has 1 rings (SSSR count). The van der Waals surface area contributed by atoms with Crippen LogP contribution < -0.4 is 4.72 Å². The molecule has 0 radical (unpaired) electrons. The lowest BCUT2D eigenvalue weighted by molar-refractivity contribution is 0.0698. The quantitative estimate of drug-likeness (QED) is 0.860. The molecule has 6 nitrogen and oxygen atoms in total. The lowest BCUT2D eigenvalue weighted by Crippen LogP contribution is -2.18. The van der Waals surface area contributed by atoms with Gasteiger partial charge in [-0.25, -0.2) is 13.2 Å². The number of sulfonamides is 1. The number of carboxylic acids is 1. The summed E-state index contributed by atoms with van der Waals surface area (Å²) in [5.74, 6) is -2.10. The number of halogens is 1. The Labute approximate surface area is 102 Å². The fraction of sp³-hybridized carbons (Fsp3) is 0.111. The fourth-order valence-corrected chi connectivity index (χ4v) is 2.13. The Hall–Kier alpha value is -1.78. The maximum atomic E-state index is 11.3. The summed E-state index contributed by atoms with van der Waals surface area (Å²) in [5.41, 5.74) is -0.518. The Morgan fingerprint density at radius 3 is 2.71 bits per heavy atom. The average molecular weight is 275 g/mol. The van der Waals surface area contributed by atoms with Crippen LogP contribution in [-0.4, -0.2) is 25.2 Å². The summed E-state index contributed by atoms with van der Waals surface area (Å²) in [5, 5.41) is 17.1. The standard InChI is InChI=1S/C9H7ClN2O4S/c10-7-3-1-2-6(9(13)14)8(7)12-17(15,16)5-4-11/h1-3,12H,5H2,(H,13,14). The molecule has 17 heavy (non-hydrogen) atoms. The number of nitrogens with zero attached hydrogens (tertiary/aromatic N) is 1. The zero-order valence-corrected chi connectivity index (χ0v) is 9.92. The van der Waals surface area contributed by atoms with Crippen molar-refractivity contribution in [3.8, 4) is 6.07 Å². The van der Waals surface area contributed by atoms with Crippen molar-refractivity contribution in [2.75, 3.05) is 10.5 Å². The summed E-state index contributed by atoms with van der Waals surface area (Å²) in [6.45, 7) is 0. The van der Waals surface area contributed by atoms with Crippen LogP contribution in [0.5, 0.6) is 0 Å². The van der Waals surface area contributed by atoms with E-state index in [9.17, 15) is 13.2 Å². The van der Waals surface area contributed by atoms with Gasteiger partial charge < -0.3 is 5.11 Å². The second kappa shape index (κ2) is 5.03. The van der Waals surface area contributed by atoms with E-state index in [0.717, 1.165) is 0 Å². The third-order valence-electron chi connectivity index (χ3n) is 1.76. The number of anilines is 1. The van der Waals surface area contributed by atoms with Crippen molar-refractivity contribution in [1.82, 2.24) is 0 Å². The van der Waals surface area contributed by atoms with Crippen LogP contribution in [0.1, 0.15) is 10.4 Å². The fourth-order valence-electron chi connectivity index (χ4n) is 1.08. The summed E-state index contributed by atoms with van der Waals surface area (Å²) in [7, 11) is -3.92. The van der Waals surface area contributed by atoms with Crippen LogP contribution in [0.3, 0.4) is 0 Å². The number of nitriles is 1. The van der Waals surface area contributed by atoms with Gasteiger partial charge in [0.1, 0.15) is 0 Å². The third-order valence-corrected chi connectivity index (χ3v) is 3.10. The second-order valence-corrected chi connectivity index (χ2v) is 5.12. The molecule has 0 aliphatic heterocycles. The molecule has 8 heteroatoms. The smallest absolute Gasteiger partial charge is 0.337 e. The van der Waals surface area contributed by atoms with E-state index in [2.05, 4.69) is 0 Å². The van der Waals surface area contributed by atoms with Gasteiger partial charge in [-0.2, -0.15) is 5.26 Å². The Balaban J connectivity index is 3.24.